The number of hydrogen-bond donors (Lipinski definition) is 3. The first kappa shape index (κ1) is 100. The van der Waals surface area contributed by atoms with E-state index in [2.05, 4.69) is 55.4 Å². The van der Waals surface area contributed by atoms with E-state index in [1.165, 1.54) is 225 Å². The highest BCUT2D eigenvalue weighted by atomic mass is 31.2. The molecule has 3 N–H and O–H groups in total. The van der Waals surface area contributed by atoms with Gasteiger partial charge in [0.1, 0.15) is 19.3 Å². The van der Waals surface area contributed by atoms with Crippen LogP contribution in [0, 0.1) is 23.7 Å². The van der Waals surface area contributed by atoms with E-state index in [9.17, 15) is 43.2 Å². The van der Waals surface area contributed by atoms with E-state index >= 15 is 0 Å². The summed E-state index contributed by atoms with van der Waals surface area (Å²) in [6, 6.07) is 0. The van der Waals surface area contributed by atoms with Gasteiger partial charge in [-0.2, -0.15) is 0 Å². The Morgan fingerprint density at radius 3 is 0.696 bits per heavy atom. The van der Waals surface area contributed by atoms with Crippen molar-refractivity contribution in [1.82, 2.24) is 0 Å². The lowest BCUT2D eigenvalue weighted by atomic mass is 9.99. The summed E-state index contributed by atoms with van der Waals surface area (Å²) in [5.74, 6) is 0.949. The number of phosphoric ester groups is 2. The van der Waals surface area contributed by atoms with Crippen LogP contribution in [-0.4, -0.2) is 96.7 Å². The minimum absolute atomic E-state index is 0.101. The number of aliphatic hydroxyl groups is 1. The lowest BCUT2D eigenvalue weighted by Crippen LogP contribution is -2.30. The third kappa shape index (κ3) is 74.9. The van der Waals surface area contributed by atoms with Crippen molar-refractivity contribution < 1.29 is 80.2 Å². The molecule has 0 aromatic carbocycles. The average molecular weight is 1490 g/mol. The van der Waals surface area contributed by atoms with Crippen LogP contribution in [0.25, 0.3) is 0 Å². The molecule has 19 heteroatoms. The first-order chi connectivity index (χ1) is 49.1. The van der Waals surface area contributed by atoms with Gasteiger partial charge in [0, 0.05) is 25.7 Å². The van der Waals surface area contributed by atoms with Crippen LogP contribution < -0.4 is 0 Å². The number of phosphoric acid groups is 2. The quantitative estimate of drug-likeness (QED) is 0.0222. The largest absolute Gasteiger partial charge is 0.472 e. The van der Waals surface area contributed by atoms with Crippen LogP contribution in [0.4, 0.5) is 0 Å². The summed E-state index contributed by atoms with van der Waals surface area (Å²) in [6.07, 6.45) is 60.2. The second kappa shape index (κ2) is 72.0. The van der Waals surface area contributed by atoms with Gasteiger partial charge >= 0.3 is 39.5 Å². The number of carbonyl (C=O) groups is 4. The fourth-order valence-corrected chi connectivity index (χ4v) is 14.3. The van der Waals surface area contributed by atoms with Crippen LogP contribution in [-0.2, 0) is 65.4 Å². The van der Waals surface area contributed by atoms with Gasteiger partial charge in [-0.1, -0.05) is 376 Å². The molecular formula is C83H162O17P2. The van der Waals surface area contributed by atoms with Crippen LogP contribution in [0.5, 0.6) is 0 Å². The molecule has 17 nitrogen and oxygen atoms in total. The zero-order valence-corrected chi connectivity index (χ0v) is 69.0. The summed E-state index contributed by atoms with van der Waals surface area (Å²) in [7, 11) is -9.92. The SMILES string of the molecule is CCC(C)CCCCCCCCCCCCCCCCCCCCC(=O)O[C@H](COC(=O)CCCCCCCCCCCCCCCCCCCCC(C)C)COP(=O)(O)OCC(O)COP(=O)(O)OC[C@@H](COC(=O)CCCCCCCCCC(C)C)OC(=O)CCCCCCCCC(C)C. The van der Waals surface area contributed by atoms with Crippen molar-refractivity contribution in [3.63, 3.8) is 0 Å². The highest BCUT2D eigenvalue weighted by Crippen LogP contribution is 2.45. The van der Waals surface area contributed by atoms with E-state index in [0.717, 1.165) is 108 Å². The topological polar surface area (TPSA) is 237 Å². The van der Waals surface area contributed by atoms with Gasteiger partial charge in [0.15, 0.2) is 12.2 Å². The number of carbonyl (C=O) groups excluding carboxylic acids is 4. The zero-order valence-electron chi connectivity index (χ0n) is 67.2. The first-order valence-electron chi connectivity index (χ1n) is 42.7. The Labute approximate surface area is 626 Å². The van der Waals surface area contributed by atoms with Crippen LogP contribution in [0.15, 0.2) is 0 Å². The number of ether oxygens (including phenoxy) is 4. The molecule has 0 rings (SSSR count). The van der Waals surface area contributed by atoms with E-state index in [0.29, 0.717) is 37.5 Å². The second-order valence-electron chi connectivity index (χ2n) is 31.5. The van der Waals surface area contributed by atoms with Gasteiger partial charge in [-0.3, -0.25) is 37.3 Å². The summed E-state index contributed by atoms with van der Waals surface area (Å²) in [5.41, 5.74) is 0. The van der Waals surface area contributed by atoms with Gasteiger partial charge in [-0.05, 0) is 49.4 Å². The molecule has 0 radical (unpaired) electrons. The maximum atomic E-state index is 13.1. The Kier molecular flexibility index (Phi) is 70.6. The molecular weight excluding hydrogens is 1330 g/mol. The predicted molar refractivity (Wildman–Crippen MR) is 418 cm³/mol. The van der Waals surface area contributed by atoms with Crippen molar-refractivity contribution in [3.8, 4) is 0 Å². The molecule has 0 aromatic heterocycles. The molecule has 0 aliphatic rings. The number of rotatable bonds is 80. The zero-order chi connectivity index (χ0) is 75.3. The third-order valence-corrected chi connectivity index (χ3v) is 21.6. The molecule has 0 bridgehead atoms. The van der Waals surface area contributed by atoms with E-state index in [-0.39, 0.29) is 25.7 Å². The molecule has 0 fully saturated rings. The number of unbranched alkanes of at least 4 members (excludes halogenated alkanes) is 45. The molecule has 0 saturated heterocycles. The van der Waals surface area contributed by atoms with E-state index in [1.807, 2.05) is 0 Å². The van der Waals surface area contributed by atoms with Crippen LogP contribution in [0.2, 0.25) is 0 Å². The summed E-state index contributed by atoms with van der Waals surface area (Å²) < 4.78 is 68.6. The van der Waals surface area contributed by atoms with Gasteiger partial charge in [0.2, 0.25) is 0 Å². The van der Waals surface area contributed by atoms with Crippen LogP contribution >= 0.6 is 15.6 Å². The molecule has 0 saturated carbocycles. The van der Waals surface area contributed by atoms with E-state index < -0.39 is 97.5 Å². The summed E-state index contributed by atoms with van der Waals surface area (Å²) in [6.45, 7) is 14.2. The molecule has 0 spiro atoms. The van der Waals surface area contributed by atoms with Gasteiger partial charge in [0.25, 0.3) is 0 Å². The molecule has 0 aliphatic carbocycles. The number of esters is 4. The number of aliphatic hydroxyl groups excluding tert-OH is 1. The van der Waals surface area contributed by atoms with Gasteiger partial charge in [-0.25, -0.2) is 9.13 Å². The molecule has 0 heterocycles. The maximum Gasteiger partial charge on any atom is 0.472 e. The highest BCUT2D eigenvalue weighted by molar-refractivity contribution is 7.47. The summed E-state index contributed by atoms with van der Waals surface area (Å²) >= 11 is 0. The fourth-order valence-electron chi connectivity index (χ4n) is 12.8. The highest BCUT2D eigenvalue weighted by Gasteiger charge is 2.30. The Bertz CT molecular complexity index is 1990. The Hall–Kier alpha value is -1.94. The van der Waals surface area contributed by atoms with Gasteiger partial charge < -0.3 is 33.8 Å². The number of hydrogen-bond acceptors (Lipinski definition) is 15. The smallest absolute Gasteiger partial charge is 0.462 e. The summed E-state index contributed by atoms with van der Waals surface area (Å²) in [4.78, 5) is 72.9. The predicted octanol–water partition coefficient (Wildman–Crippen LogP) is 24.8. The molecule has 6 atom stereocenters. The van der Waals surface area contributed by atoms with Gasteiger partial charge in [-0.15, -0.1) is 0 Å². The lowest BCUT2D eigenvalue weighted by molar-refractivity contribution is -0.161. The first-order valence-corrected chi connectivity index (χ1v) is 45.7. The Morgan fingerprint density at radius 1 is 0.275 bits per heavy atom. The Balaban J connectivity index is 5.16. The molecule has 102 heavy (non-hydrogen) atoms. The minimum atomic E-state index is -4.96. The second-order valence-corrected chi connectivity index (χ2v) is 34.4. The molecule has 606 valence electrons. The fraction of sp³-hybridized carbons (Fsp3) is 0.952. The minimum Gasteiger partial charge on any atom is -0.462 e. The van der Waals surface area contributed by atoms with E-state index in [1.54, 1.807) is 0 Å². The molecule has 4 unspecified atom stereocenters. The van der Waals surface area contributed by atoms with Crippen LogP contribution in [0.3, 0.4) is 0 Å². The summed E-state index contributed by atoms with van der Waals surface area (Å²) in [5, 5.41) is 10.6. The normalized spacial score (nSPS) is 14.3. The van der Waals surface area contributed by atoms with E-state index in [4.69, 9.17) is 37.0 Å². The molecule has 0 amide bonds. The standard InChI is InChI=1S/C83H162O17P2/c1-9-76(8)62-54-46-37-31-27-23-19-15-11-13-17-21-25-29-33-39-49-57-65-82(87)99-78(69-93-80(85)63-55-47-38-32-28-24-20-16-12-10-14-18-22-26-30-35-43-51-59-73(2)3)71-97-101(89,90)95-67-77(84)68-96-102(91,92)98-72-79(100-83(88)66-58-50-42-41-45-53-61-75(6)7)70-94-81(86)64-56-48-40-34-36-44-52-60-74(4)5/h73-79,84H,9-72H2,1-8H3,(H,89,90)(H,91,92)/t76?,77?,78-,79-/m1/s1. The monoisotopic (exact) mass is 1490 g/mol. The van der Waals surface area contributed by atoms with Crippen molar-refractivity contribution in [1.29, 1.82) is 0 Å². The maximum absolute atomic E-state index is 13.1. The van der Waals surface area contributed by atoms with Crippen molar-refractivity contribution in [2.24, 2.45) is 23.7 Å². The Morgan fingerprint density at radius 2 is 0.471 bits per heavy atom. The lowest BCUT2D eigenvalue weighted by Gasteiger charge is -2.21. The van der Waals surface area contributed by atoms with Crippen molar-refractivity contribution in [3.05, 3.63) is 0 Å². The van der Waals surface area contributed by atoms with Crippen molar-refractivity contribution in [2.45, 2.75) is 446 Å². The third-order valence-electron chi connectivity index (χ3n) is 19.7. The van der Waals surface area contributed by atoms with Crippen molar-refractivity contribution >= 4 is 39.5 Å². The van der Waals surface area contributed by atoms with Crippen molar-refractivity contribution in [2.75, 3.05) is 39.6 Å². The molecule has 0 aromatic rings. The average Bonchev–Trinajstić information content (AvgIpc) is 0.911. The molecule has 0 aliphatic heterocycles. The van der Waals surface area contributed by atoms with Gasteiger partial charge in [0.05, 0.1) is 26.4 Å². The van der Waals surface area contributed by atoms with Crippen LogP contribution in [0.1, 0.15) is 428 Å².